The van der Waals surface area contributed by atoms with Gasteiger partial charge in [-0.3, -0.25) is 4.79 Å². The molecule has 0 N–H and O–H groups in total. The molecule has 2 saturated heterocycles. The number of carbonyl (C=O) groups excluding carboxylic acids is 1. The minimum absolute atomic E-state index is 0.138. The van der Waals surface area contributed by atoms with Crippen molar-refractivity contribution in [1.82, 2.24) is 10.1 Å². The smallest absolute Gasteiger partial charge is 0.239 e. The minimum Gasteiger partial charge on any atom is -0.380 e. The molecule has 3 rings (SSSR count). The molecule has 1 aromatic rings. The third kappa shape index (κ3) is 2.89. The van der Waals surface area contributed by atoms with E-state index < -0.39 is 0 Å². The topological polar surface area (TPSA) is 65.2 Å². The monoisotopic (exact) mass is 314 g/mol. The highest BCUT2D eigenvalue weighted by molar-refractivity contribution is 8.07. The third-order valence-corrected chi connectivity index (χ3v) is 7.15. The Labute approximate surface area is 126 Å². The number of hydrogen-bond acceptors (Lipinski definition) is 7. The number of rotatable bonds is 2. The normalized spacial score (nSPS) is 35.2. The number of Topliss-reactive ketones (excluding diaryl/α,β-unsaturated/α-hetero) is 1. The van der Waals surface area contributed by atoms with Gasteiger partial charge in [-0.25, -0.2) is 0 Å². The van der Waals surface area contributed by atoms with Crippen LogP contribution in [0.4, 0.5) is 0 Å². The Kier molecular flexibility index (Phi) is 4.37. The third-order valence-electron chi connectivity index (χ3n) is 3.76. The van der Waals surface area contributed by atoms with Crippen molar-refractivity contribution in [3.05, 3.63) is 11.7 Å². The molecule has 1 aromatic heterocycles. The van der Waals surface area contributed by atoms with Crippen LogP contribution in [-0.4, -0.2) is 45.4 Å². The van der Waals surface area contributed by atoms with Gasteiger partial charge in [-0.2, -0.15) is 16.7 Å². The van der Waals surface area contributed by atoms with Crippen LogP contribution >= 0.6 is 23.5 Å². The van der Waals surface area contributed by atoms with Gasteiger partial charge >= 0.3 is 0 Å². The maximum atomic E-state index is 11.9. The average molecular weight is 314 g/mol. The number of aromatic nitrogens is 2. The van der Waals surface area contributed by atoms with Crippen LogP contribution in [0.2, 0.25) is 0 Å². The first-order chi connectivity index (χ1) is 9.65. The summed E-state index contributed by atoms with van der Waals surface area (Å²) < 4.78 is 10.6. The molecule has 110 valence electrons. The highest BCUT2D eigenvalue weighted by atomic mass is 32.2. The summed E-state index contributed by atoms with van der Waals surface area (Å²) in [7, 11) is 0. The molecule has 2 aliphatic heterocycles. The SMILES string of the molecule is CC1SCC(c2noc(C3COCCC3=O)n2)SC1C. The number of carbonyl (C=O) groups is 1. The summed E-state index contributed by atoms with van der Waals surface area (Å²) in [5.74, 6) is 1.89. The fourth-order valence-corrected chi connectivity index (χ4v) is 5.12. The van der Waals surface area contributed by atoms with Crippen LogP contribution in [0.15, 0.2) is 4.52 Å². The van der Waals surface area contributed by atoms with E-state index in [9.17, 15) is 4.79 Å². The summed E-state index contributed by atoms with van der Waals surface area (Å²) in [4.78, 5) is 16.3. The molecule has 0 aliphatic carbocycles. The lowest BCUT2D eigenvalue weighted by atomic mass is 10.0. The lowest BCUT2D eigenvalue weighted by molar-refractivity contribution is -0.127. The zero-order chi connectivity index (χ0) is 14.1. The van der Waals surface area contributed by atoms with Crippen molar-refractivity contribution in [3.63, 3.8) is 0 Å². The van der Waals surface area contributed by atoms with Crippen molar-refractivity contribution in [2.45, 2.75) is 41.9 Å². The number of nitrogens with zero attached hydrogens (tertiary/aromatic N) is 2. The fourth-order valence-electron chi connectivity index (χ4n) is 2.29. The van der Waals surface area contributed by atoms with Crippen LogP contribution in [0, 0.1) is 0 Å². The van der Waals surface area contributed by atoms with E-state index in [0.717, 1.165) is 11.6 Å². The summed E-state index contributed by atoms with van der Waals surface area (Å²) in [5.41, 5.74) is 0. The van der Waals surface area contributed by atoms with Crippen molar-refractivity contribution in [3.8, 4) is 0 Å². The van der Waals surface area contributed by atoms with E-state index in [0.29, 0.717) is 36.0 Å². The Hall–Kier alpha value is -0.530. The van der Waals surface area contributed by atoms with Crippen LogP contribution in [0.5, 0.6) is 0 Å². The van der Waals surface area contributed by atoms with E-state index in [1.807, 2.05) is 23.5 Å². The zero-order valence-corrected chi connectivity index (χ0v) is 13.2. The van der Waals surface area contributed by atoms with Crippen LogP contribution in [-0.2, 0) is 9.53 Å². The van der Waals surface area contributed by atoms with Gasteiger partial charge in [-0.15, -0.1) is 11.8 Å². The summed E-state index contributed by atoms with van der Waals surface area (Å²) in [6, 6.07) is 0. The number of ether oxygens (including phenoxy) is 1. The average Bonchev–Trinajstić information content (AvgIpc) is 2.92. The molecule has 0 aromatic carbocycles. The maximum Gasteiger partial charge on any atom is 0.239 e. The second-order valence-electron chi connectivity index (χ2n) is 5.20. The number of thioether (sulfide) groups is 2. The van der Waals surface area contributed by atoms with Gasteiger partial charge in [-0.05, 0) is 0 Å². The molecular weight excluding hydrogens is 296 g/mol. The van der Waals surface area contributed by atoms with E-state index in [1.54, 1.807) is 0 Å². The van der Waals surface area contributed by atoms with Crippen molar-refractivity contribution in [2.24, 2.45) is 0 Å². The Bertz CT molecular complexity index is 494. The van der Waals surface area contributed by atoms with Gasteiger partial charge in [0.2, 0.25) is 5.89 Å². The van der Waals surface area contributed by atoms with Crippen molar-refractivity contribution < 1.29 is 14.1 Å². The van der Waals surface area contributed by atoms with E-state index in [2.05, 4.69) is 24.0 Å². The molecule has 4 atom stereocenters. The highest BCUT2D eigenvalue weighted by Crippen LogP contribution is 2.43. The minimum atomic E-state index is -0.373. The molecular formula is C13H18N2O3S2. The molecule has 2 aliphatic rings. The van der Waals surface area contributed by atoms with Gasteiger partial charge in [0.1, 0.15) is 11.7 Å². The Morgan fingerprint density at radius 1 is 1.30 bits per heavy atom. The van der Waals surface area contributed by atoms with Crippen LogP contribution < -0.4 is 0 Å². The van der Waals surface area contributed by atoms with Crippen molar-refractivity contribution in [2.75, 3.05) is 19.0 Å². The number of ketones is 1. The van der Waals surface area contributed by atoms with Crippen molar-refractivity contribution >= 4 is 29.3 Å². The van der Waals surface area contributed by atoms with E-state index in [-0.39, 0.29) is 17.0 Å². The molecule has 3 heterocycles. The Morgan fingerprint density at radius 2 is 2.15 bits per heavy atom. The standard InChI is InChI=1S/C13H18N2O3S2/c1-7-8(2)20-11(6-19-7)12-14-13(18-15-12)9-5-17-4-3-10(9)16/h7-9,11H,3-6H2,1-2H3. The molecule has 0 saturated carbocycles. The van der Waals surface area contributed by atoms with Gasteiger partial charge in [0.05, 0.1) is 18.5 Å². The van der Waals surface area contributed by atoms with E-state index in [1.165, 1.54) is 0 Å². The Balaban J connectivity index is 1.72. The first-order valence-electron chi connectivity index (χ1n) is 6.86. The Morgan fingerprint density at radius 3 is 2.90 bits per heavy atom. The lowest BCUT2D eigenvalue weighted by Crippen LogP contribution is -2.26. The summed E-state index contributed by atoms with van der Waals surface area (Å²) in [6.07, 6.45) is 0.435. The molecule has 20 heavy (non-hydrogen) atoms. The molecule has 7 heteroatoms. The first-order valence-corrected chi connectivity index (χ1v) is 8.85. The largest absolute Gasteiger partial charge is 0.380 e. The van der Waals surface area contributed by atoms with Crippen LogP contribution in [0.1, 0.15) is 43.2 Å². The molecule has 5 nitrogen and oxygen atoms in total. The summed E-state index contributed by atoms with van der Waals surface area (Å²) in [5, 5.41) is 5.55. The predicted molar refractivity (Wildman–Crippen MR) is 79.2 cm³/mol. The quantitative estimate of drug-likeness (QED) is 0.830. The molecule has 4 unspecified atom stereocenters. The van der Waals surface area contributed by atoms with Gasteiger partial charge in [0.15, 0.2) is 5.82 Å². The fraction of sp³-hybridized carbons (Fsp3) is 0.769. The zero-order valence-electron chi connectivity index (χ0n) is 11.6. The van der Waals surface area contributed by atoms with Gasteiger partial charge in [0.25, 0.3) is 0 Å². The molecule has 0 radical (unpaired) electrons. The lowest BCUT2D eigenvalue weighted by Gasteiger charge is -2.29. The second kappa shape index (κ2) is 6.07. The molecule has 0 amide bonds. The van der Waals surface area contributed by atoms with E-state index in [4.69, 9.17) is 9.26 Å². The summed E-state index contributed by atoms with van der Waals surface area (Å²) in [6.45, 7) is 5.34. The van der Waals surface area contributed by atoms with E-state index >= 15 is 0 Å². The van der Waals surface area contributed by atoms with Crippen molar-refractivity contribution in [1.29, 1.82) is 0 Å². The molecule has 0 spiro atoms. The first kappa shape index (κ1) is 14.4. The van der Waals surface area contributed by atoms with Crippen LogP contribution in [0.3, 0.4) is 0 Å². The van der Waals surface area contributed by atoms with Crippen LogP contribution in [0.25, 0.3) is 0 Å². The van der Waals surface area contributed by atoms with Gasteiger partial charge < -0.3 is 9.26 Å². The highest BCUT2D eigenvalue weighted by Gasteiger charge is 2.33. The summed E-state index contributed by atoms with van der Waals surface area (Å²) >= 11 is 3.83. The predicted octanol–water partition coefficient (Wildman–Crippen LogP) is 2.44. The van der Waals surface area contributed by atoms with Gasteiger partial charge in [-0.1, -0.05) is 19.0 Å². The molecule has 0 bridgehead atoms. The molecule has 2 fully saturated rings. The number of hydrogen-bond donors (Lipinski definition) is 0. The van der Waals surface area contributed by atoms with Gasteiger partial charge in [0, 0.05) is 22.7 Å². The second-order valence-corrected chi connectivity index (χ2v) is 8.20. The maximum absolute atomic E-state index is 11.9.